The highest BCUT2D eigenvalue weighted by atomic mass is 16.5. The van der Waals surface area contributed by atoms with Crippen LogP contribution in [0.3, 0.4) is 0 Å². The zero-order chi connectivity index (χ0) is 12.9. The predicted molar refractivity (Wildman–Crippen MR) is 73.4 cm³/mol. The van der Waals surface area contributed by atoms with Crippen molar-refractivity contribution in [1.29, 1.82) is 0 Å². The number of nitrogens with zero attached hydrogens (tertiary/aromatic N) is 3. The number of aromatic nitrogens is 3. The molecule has 3 heterocycles. The number of ether oxygens (including phenoxy) is 1. The summed E-state index contributed by atoms with van der Waals surface area (Å²) < 4.78 is 7.22. The third-order valence-corrected chi connectivity index (χ3v) is 3.31. The van der Waals surface area contributed by atoms with Crippen LogP contribution in [-0.4, -0.2) is 34.0 Å². The fourth-order valence-corrected chi connectivity index (χ4v) is 2.30. The van der Waals surface area contributed by atoms with E-state index in [0.717, 1.165) is 44.0 Å². The first kappa shape index (κ1) is 12.2. The van der Waals surface area contributed by atoms with Crippen molar-refractivity contribution >= 4 is 5.69 Å². The zero-order valence-corrected chi connectivity index (χ0v) is 10.8. The van der Waals surface area contributed by atoms with E-state index in [4.69, 9.17) is 4.74 Å². The molecule has 2 aromatic rings. The van der Waals surface area contributed by atoms with Crippen molar-refractivity contribution in [3.63, 3.8) is 0 Å². The molecule has 100 valence electrons. The summed E-state index contributed by atoms with van der Waals surface area (Å²) in [4.78, 5) is 4.42. The molecular formula is C14H18N4O. The Balaban J connectivity index is 1.65. The van der Waals surface area contributed by atoms with Crippen molar-refractivity contribution < 1.29 is 4.74 Å². The number of nitrogens with one attached hydrogen (secondary N) is 1. The summed E-state index contributed by atoms with van der Waals surface area (Å²) in [6.45, 7) is 1.73. The van der Waals surface area contributed by atoms with E-state index in [1.165, 1.54) is 0 Å². The Kier molecular flexibility index (Phi) is 3.74. The molecule has 0 amide bonds. The molecule has 1 N–H and O–H groups in total. The van der Waals surface area contributed by atoms with Gasteiger partial charge in [-0.15, -0.1) is 0 Å². The molecule has 5 heteroatoms. The largest absolute Gasteiger partial charge is 0.381 e. The van der Waals surface area contributed by atoms with E-state index < -0.39 is 0 Å². The number of pyridine rings is 1. The Hall–Kier alpha value is -1.88. The van der Waals surface area contributed by atoms with Gasteiger partial charge in [0.25, 0.3) is 0 Å². The summed E-state index contributed by atoms with van der Waals surface area (Å²) in [6.07, 6.45) is 8.83. The van der Waals surface area contributed by atoms with Crippen LogP contribution in [0.15, 0.2) is 36.8 Å². The van der Waals surface area contributed by atoms with Crippen LogP contribution in [0.2, 0.25) is 0 Å². The van der Waals surface area contributed by atoms with Crippen LogP contribution in [0.25, 0.3) is 5.82 Å². The highest BCUT2D eigenvalue weighted by Crippen LogP contribution is 2.16. The molecule has 1 saturated heterocycles. The Morgan fingerprint density at radius 2 is 2.26 bits per heavy atom. The van der Waals surface area contributed by atoms with Crippen LogP contribution in [-0.2, 0) is 4.74 Å². The fraction of sp³-hybridized carbons (Fsp3) is 0.429. The molecule has 0 radical (unpaired) electrons. The van der Waals surface area contributed by atoms with Gasteiger partial charge in [-0.3, -0.25) is 0 Å². The summed E-state index contributed by atoms with van der Waals surface area (Å²) >= 11 is 0. The summed E-state index contributed by atoms with van der Waals surface area (Å²) in [5.41, 5.74) is 1.06. The number of rotatable bonds is 3. The minimum atomic E-state index is 0.486. The lowest BCUT2D eigenvalue weighted by atomic mass is 10.1. The molecule has 1 atom stereocenters. The molecule has 1 unspecified atom stereocenters. The maximum Gasteiger partial charge on any atom is 0.153 e. The van der Waals surface area contributed by atoms with E-state index in [0.29, 0.717) is 6.04 Å². The van der Waals surface area contributed by atoms with Crippen LogP contribution in [0.4, 0.5) is 5.69 Å². The lowest BCUT2D eigenvalue weighted by molar-refractivity contribution is 0.144. The maximum atomic E-state index is 5.46. The van der Waals surface area contributed by atoms with Crippen molar-refractivity contribution in [2.45, 2.75) is 25.3 Å². The zero-order valence-electron chi connectivity index (χ0n) is 10.8. The highest BCUT2D eigenvalue weighted by Gasteiger charge is 2.12. The van der Waals surface area contributed by atoms with Crippen molar-refractivity contribution in [3.8, 4) is 5.82 Å². The molecule has 2 aromatic heterocycles. The van der Waals surface area contributed by atoms with Gasteiger partial charge in [-0.25, -0.2) is 9.67 Å². The molecule has 5 nitrogen and oxygen atoms in total. The van der Waals surface area contributed by atoms with Gasteiger partial charge in [0, 0.05) is 31.6 Å². The summed E-state index contributed by atoms with van der Waals surface area (Å²) in [6, 6.07) is 6.40. The van der Waals surface area contributed by atoms with Gasteiger partial charge in [0.05, 0.1) is 11.9 Å². The smallest absolute Gasteiger partial charge is 0.153 e. The average Bonchev–Trinajstić information content (AvgIpc) is 2.86. The minimum Gasteiger partial charge on any atom is -0.381 e. The van der Waals surface area contributed by atoms with Crippen molar-refractivity contribution in [2.75, 3.05) is 18.5 Å². The quantitative estimate of drug-likeness (QED) is 0.917. The Morgan fingerprint density at radius 3 is 3.05 bits per heavy atom. The molecule has 1 aliphatic rings. The highest BCUT2D eigenvalue weighted by molar-refractivity contribution is 5.44. The molecule has 0 saturated carbocycles. The van der Waals surface area contributed by atoms with E-state index in [1.807, 2.05) is 24.5 Å². The standard InChI is InChI=1S/C14H18N4O/c1-3-12(6-10-19-9-1)17-13-4-5-14(15-11-13)18-8-2-7-16-18/h2,4-5,7-8,11-12,17H,1,3,6,9-10H2. The van der Waals surface area contributed by atoms with E-state index in [9.17, 15) is 0 Å². The van der Waals surface area contributed by atoms with Gasteiger partial charge >= 0.3 is 0 Å². The van der Waals surface area contributed by atoms with Gasteiger partial charge in [0.1, 0.15) is 0 Å². The molecular weight excluding hydrogens is 240 g/mol. The topological polar surface area (TPSA) is 52.0 Å². The van der Waals surface area contributed by atoms with Crippen LogP contribution in [0, 0.1) is 0 Å². The molecule has 19 heavy (non-hydrogen) atoms. The summed E-state index contributed by atoms with van der Waals surface area (Å²) in [5.74, 6) is 0.833. The Morgan fingerprint density at radius 1 is 1.26 bits per heavy atom. The van der Waals surface area contributed by atoms with Crippen LogP contribution >= 0.6 is 0 Å². The Bertz CT molecular complexity index is 487. The first-order chi connectivity index (χ1) is 9.42. The first-order valence-corrected chi connectivity index (χ1v) is 6.72. The van der Waals surface area contributed by atoms with E-state index in [2.05, 4.69) is 21.5 Å². The molecule has 0 bridgehead atoms. The number of anilines is 1. The van der Waals surface area contributed by atoms with Gasteiger partial charge in [0.2, 0.25) is 0 Å². The van der Waals surface area contributed by atoms with Gasteiger partial charge < -0.3 is 10.1 Å². The van der Waals surface area contributed by atoms with Gasteiger partial charge in [-0.2, -0.15) is 5.10 Å². The van der Waals surface area contributed by atoms with Crippen molar-refractivity contribution in [1.82, 2.24) is 14.8 Å². The second-order valence-electron chi connectivity index (χ2n) is 4.74. The third kappa shape index (κ3) is 3.12. The molecule has 0 aliphatic carbocycles. The predicted octanol–water partition coefficient (Wildman–Crippen LogP) is 2.25. The van der Waals surface area contributed by atoms with Crippen molar-refractivity contribution in [3.05, 3.63) is 36.8 Å². The van der Waals surface area contributed by atoms with E-state index >= 15 is 0 Å². The third-order valence-electron chi connectivity index (χ3n) is 3.31. The lowest BCUT2D eigenvalue weighted by Gasteiger charge is -2.16. The SMILES string of the molecule is c1cnn(-c2ccc(NC3CCCOCC3)cn2)c1. The van der Waals surface area contributed by atoms with Crippen LogP contribution in [0.5, 0.6) is 0 Å². The molecule has 3 rings (SSSR count). The van der Waals surface area contributed by atoms with Gasteiger partial charge in [-0.1, -0.05) is 0 Å². The minimum absolute atomic E-state index is 0.486. The first-order valence-electron chi connectivity index (χ1n) is 6.72. The van der Waals surface area contributed by atoms with Gasteiger partial charge in [0.15, 0.2) is 5.82 Å². The van der Waals surface area contributed by atoms with Crippen LogP contribution in [0.1, 0.15) is 19.3 Å². The number of hydrogen-bond donors (Lipinski definition) is 1. The van der Waals surface area contributed by atoms with E-state index in [-0.39, 0.29) is 0 Å². The average molecular weight is 258 g/mol. The second-order valence-corrected chi connectivity index (χ2v) is 4.74. The van der Waals surface area contributed by atoms with Crippen molar-refractivity contribution in [2.24, 2.45) is 0 Å². The summed E-state index contributed by atoms with van der Waals surface area (Å²) in [5, 5.41) is 7.68. The number of hydrogen-bond acceptors (Lipinski definition) is 4. The summed E-state index contributed by atoms with van der Waals surface area (Å²) in [7, 11) is 0. The molecule has 0 spiro atoms. The normalized spacial score (nSPS) is 19.9. The molecule has 1 aliphatic heterocycles. The molecule has 0 aromatic carbocycles. The lowest BCUT2D eigenvalue weighted by Crippen LogP contribution is -2.19. The molecule has 1 fully saturated rings. The van der Waals surface area contributed by atoms with Gasteiger partial charge in [-0.05, 0) is 37.5 Å². The van der Waals surface area contributed by atoms with Crippen LogP contribution < -0.4 is 5.32 Å². The monoisotopic (exact) mass is 258 g/mol. The Labute approximate surface area is 112 Å². The fourth-order valence-electron chi connectivity index (χ4n) is 2.30. The second kappa shape index (κ2) is 5.84. The van der Waals surface area contributed by atoms with E-state index in [1.54, 1.807) is 10.9 Å². The maximum absolute atomic E-state index is 5.46.